The van der Waals surface area contributed by atoms with Crippen LogP contribution in [0.4, 0.5) is 0 Å². The number of allylic oxidation sites excluding steroid dienone is 2. The van der Waals surface area contributed by atoms with Gasteiger partial charge >= 0.3 is 5.97 Å². The summed E-state index contributed by atoms with van der Waals surface area (Å²) in [6.07, 6.45) is 26.6. The van der Waals surface area contributed by atoms with Crippen molar-refractivity contribution in [3.8, 4) is 0 Å². The lowest BCUT2D eigenvalue weighted by Gasteiger charge is -2.01. The van der Waals surface area contributed by atoms with Crippen LogP contribution in [0.25, 0.3) is 0 Å². The largest absolute Gasteiger partial charge is 0.481 e. The Hall–Kier alpha value is -0.870. The summed E-state index contributed by atoms with van der Waals surface area (Å²) in [4.78, 5) is 10.4. The van der Waals surface area contributed by atoms with E-state index in [1.165, 1.54) is 103 Å². The fraction of sp³-hybridized carbons (Fsp3) is 0.880. The first-order valence-corrected chi connectivity index (χ1v) is 12.2. The molecular weight excluding hydrogens is 364 g/mol. The number of carboxylic acids is 1. The molecular formula is C25H50O4. The van der Waals surface area contributed by atoms with Crippen LogP contribution >= 0.6 is 0 Å². The third kappa shape index (κ3) is 35.0. The highest BCUT2D eigenvalue weighted by Crippen LogP contribution is 2.12. The number of unbranched alkanes of at least 4 members (excludes halogenated alkanes) is 15. The molecule has 0 aliphatic heterocycles. The second-order valence-electron chi connectivity index (χ2n) is 8.17. The maximum absolute atomic E-state index is 10.4. The minimum absolute atomic E-state index is 0.139. The number of aliphatic hydroxyl groups is 2. The van der Waals surface area contributed by atoms with Crippen LogP contribution in [0.1, 0.15) is 129 Å². The van der Waals surface area contributed by atoms with Gasteiger partial charge in [-0.15, -0.1) is 0 Å². The van der Waals surface area contributed by atoms with Gasteiger partial charge in [0.15, 0.2) is 0 Å². The van der Waals surface area contributed by atoms with Crippen LogP contribution in [0.3, 0.4) is 0 Å². The summed E-state index contributed by atoms with van der Waals surface area (Å²) >= 11 is 0. The molecule has 0 saturated heterocycles. The number of rotatable bonds is 20. The molecule has 0 amide bonds. The van der Waals surface area contributed by atoms with Gasteiger partial charge in [-0.3, -0.25) is 4.79 Å². The first kappa shape index (κ1) is 30.3. The van der Waals surface area contributed by atoms with E-state index in [0.717, 1.165) is 12.8 Å². The van der Waals surface area contributed by atoms with Crippen LogP contribution < -0.4 is 0 Å². The maximum Gasteiger partial charge on any atom is 0.303 e. The molecule has 0 aromatic heterocycles. The topological polar surface area (TPSA) is 77.8 Å². The Kier molecular flexibility index (Phi) is 28.4. The van der Waals surface area contributed by atoms with E-state index >= 15 is 0 Å². The third-order valence-corrected chi connectivity index (χ3v) is 4.92. The van der Waals surface area contributed by atoms with Crippen LogP contribution in [0.5, 0.6) is 0 Å². The van der Waals surface area contributed by atoms with Crippen molar-refractivity contribution >= 4 is 5.97 Å². The van der Waals surface area contributed by atoms with E-state index in [1.807, 2.05) is 0 Å². The molecule has 0 heterocycles. The monoisotopic (exact) mass is 414 g/mol. The summed E-state index contributed by atoms with van der Waals surface area (Å²) in [6, 6.07) is 0. The number of aliphatic carboxylic acids is 1. The molecule has 0 rings (SSSR count). The van der Waals surface area contributed by atoms with Gasteiger partial charge in [0, 0.05) is 6.42 Å². The number of hydrogen-bond acceptors (Lipinski definition) is 3. The third-order valence-electron chi connectivity index (χ3n) is 4.92. The summed E-state index contributed by atoms with van der Waals surface area (Å²) in [5.74, 6) is -0.656. The molecule has 174 valence electrons. The van der Waals surface area contributed by atoms with Gasteiger partial charge in [0.1, 0.15) is 0 Å². The molecule has 0 saturated carbocycles. The van der Waals surface area contributed by atoms with Crippen LogP contribution in [-0.4, -0.2) is 34.0 Å². The Morgan fingerprint density at radius 3 is 1.41 bits per heavy atom. The van der Waals surface area contributed by atoms with E-state index in [9.17, 15) is 4.79 Å². The van der Waals surface area contributed by atoms with Crippen molar-refractivity contribution < 1.29 is 20.1 Å². The number of hydrogen-bond donors (Lipinski definition) is 3. The molecule has 0 bridgehead atoms. The van der Waals surface area contributed by atoms with E-state index in [1.54, 1.807) is 0 Å². The molecule has 0 aromatic carbocycles. The van der Waals surface area contributed by atoms with Crippen molar-refractivity contribution in [2.75, 3.05) is 6.61 Å². The zero-order chi connectivity index (χ0) is 22.0. The number of aliphatic hydroxyl groups excluding tert-OH is 2. The molecule has 3 N–H and O–H groups in total. The quantitative estimate of drug-likeness (QED) is 0.148. The van der Waals surface area contributed by atoms with Crippen molar-refractivity contribution in [3.63, 3.8) is 0 Å². The fourth-order valence-electron chi connectivity index (χ4n) is 3.05. The van der Waals surface area contributed by atoms with Gasteiger partial charge in [0.05, 0.1) is 12.7 Å². The van der Waals surface area contributed by atoms with Crippen LogP contribution in [0.15, 0.2) is 12.2 Å². The van der Waals surface area contributed by atoms with Crippen molar-refractivity contribution in [1.82, 2.24) is 0 Å². The Balaban J connectivity index is 0. The van der Waals surface area contributed by atoms with Crippen LogP contribution in [0, 0.1) is 0 Å². The molecule has 4 heteroatoms. The lowest BCUT2D eigenvalue weighted by atomic mass is 10.1. The predicted molar refractivity (Wildman–Crippen MR) is 124 cm³/mol. The van der Waals surface area contributed by atoms with Crippen molar-refractivity contribution in [2.24, 2.45) is 0 Å². The first-order valence-electron chi connectivity index (χ1n) is 12.2. The zero-order valence-corrected chi connectivity index (χ0v) is 19.4. The molecule has 0 spiro atoms. The fourth-order valence-corrected chi connectivity index (χ4v) is 3.05. The minimum atomic E-state index is -0.656. The van der Waals surface area contributed by atoms with E-state index in [2.05, 4.69) is 19.1 Å². The molecule has 1 unspecified atom stereocenters. The summed E-state index contributed by atoms with van der Waals surface area (Å²) < 4.78 is 0. The minimum Gasteiger partial charge on any atom is -0.481 e. The second kappa shape index (κ2) is 27.1. The normalized spacial score (nSPS) is 12.0. The highest BCUT2D eigenvalue weighted by atomic mass is 16.4. The van der Waals surface area contributed by atoms with Gasteiger partial charge in [-0.05, 0) is 39.0 Å². The molecule has 4 nitrogen and oxygen atoms in total. The summed E-state index contributed by atoms with van der Waals surface area (Å²) in [7, 11) is 0. The number of carboxylic acid groups (broad SMARTS) is 1. The van der Waals surface area contributed by atoms with Crippen LogP contribution in [0.2, 0.25) is 0 Å². The standard InChI is InChI=1S/C22H42O2.C3H8O2/c1-2-3-4-5-6-7-8-9-10-11-12-13-14-15-16-17-18-19-20-21-22(23)24;1-3(5)2-4/h9-10H,2-8,11-21H2,1H3,(H,23,24);3-5H,2H2,1H3/b10-9-;. The second-order valence-corrected chi connectivity index (χ2v) is 8.17. The lowest BCUT2D eigenvalue weighted by Crippen LogP contribution is -2.03. The Labute approximate surface area is 180 Å². The zero-order valence-electron chi connectivity index (χ0n) is 19.4. The maximum atomic E-state index is 10.4. The molecule has 0 aromatic rings. The molecule has 0 fully saturated rings. The average Bonchev–Trinajstić information content (AvgIpc) is 2.70. The molecule has 1 atom stereocenters. The molecule has 0 radical (unpaired) electrons. The smallest absolute Gasteiger partial charge is 0.303 e. The van der Waals surface area contributed by atoms with Gasteiger partial charge in [-0.2, -0.15) is 0 Å². The SMILES string of the molecule is CC(O)CO.CCCCCCCC/C=C\CCCCCCCCCCCC(=O)O. The first-order chi connectivity index (χ1) is 14.0. The Morgan fingerprint density at radius 2 is 1.07 bits per heavy atom. The van der Waals surface area contributed by atoms with E-state index in [4.69, 9.17) is 15.3 Å². The summed E-state index contributed by atoms with van der Waals surface area (Å²) in [5.41, 5.74) is 0. The van der Waals surface area contributed by atoms with Crippen molar-refractivity contribution in [2.45, 2.75) is 136 Å². The Morgan fingerprint density at radius 1 is 0.724 bits per heavy atom. The van der Waals surface area contributed by atoms with E-state index in [0.29, 0.717) is 6.42 Å². The van der Waals surface area contributed by atoms with Gasteiger partial charge in [-0.1, -0.05) is 96.1 Å². The Bertz CT molecular complexity index is 340. The van der Waals surface area contributed by atoms with Crippen molar-refractivity contribution in [3.05, 3.63) is 12.2 Å². The average molecular weight is 415 g/mol. The van der Waals surface area contributed by atoms with Gasteiger partial charge in [-0.25, -0.2) is 0 Å². The highest BCUT2D eigenvalue weighted by molar-refractivity contribution is 5.66. The number of carbonyl (C=O) groups is 1. The van der Waals surface area contributed by atoms with Crippen LogP contribution in [-0.2, 0) is 4.79 Å². The van der Waals surface area contributed by atoms with Gasteiger partial charge in [0.2, 0.25) is 0 Å². The molecule has 0 aliphatic rings. The summed E-state index contributed by atoms with van der Waals surface area (Å²) in [6.45, 7) is 3.66. The molecule has 0 aliphatic carbocycles. The summed E-state index contributed by atoms with van der Waals surface area (Å²) in [5, 5.41) is 24.6. The van der Waals surface area contributed by atoms with E-state index in [-0.39, 0.29) is 6.61 Å². The van der Waals surface area contributed by atoms with Crippen molar-refractivity contribution in [1.29, 1.82) is 0 Å². The van der Waals surface area contributed by atoms with Gasteiger partial charge < -0.3 is 15.3 Å². The van der Waals surface area contributed by atoms with Gasteiger partial charge in [0.25, 0.3) is 0 Å². The predicted octanol–water partition coefficient (Wildman–Crippen LogP) is 7.03. The van der Waals surface area contributed by atoms with E-state index < -0.39 is 12.1 Å². The lowest BCUT2D eigenvalue weighted by molar-refractivity contribution is -0.137. The molecule has 29 heavy (non-hydrogen) atoms. The highest BCUT2D eigenvalue weighted by Gasteiger charge is 1.96.